The molecule has 1 radical (unpaired) electrons. The Balaban J connectivity index is 2.76. The second-order valence-electron chi connectivity index (χ2n) is 1.56. The number of pyridine rings is 1. The Kier molecular flexibility index (Phi) is 1.81. The predicted molar refractivity (Wildman–Crippen MR) is 32.4 cm³/mol. The number of rotatable bonds is 1. The van der Waals surface area contributed by atoms with Gasteiger partial charge in [0.1, 0.15) is 0 Å². The van der Waals surface area contributed by atoms with E-state index in [1.54, 1.807) is 18.3 Å². The number of nitriles is 1. The highest BCUT2D eigenvalue weighted by Gasteiger charge is 1.87. The van der Waals surface area contributed by atoms with Crippen LogP contribution < -0.4 is 0 Å². The zero-order valence-corrected chi connectivity index (χ0v) is 4.83. The van der Waals surface area contributed by atoms with Crippen molar-refractivity contribution < 1.29 is 0 Å². The number of nitrogens with zero attached hydrogens (tertiary/aromatic N) is 2. The molecule has 0 aliphatic heterocycles. The van der Waals surface area contributed by atoms with E-state index in [4.69, 9.17) is 5.26 Å². The summed E-state index contributed by atoms with van der Waals surface area (Å²) >= 11 is 0. The van der Waals surface area contributed by atoms with E-state index in [-0.39, 0.29) is 0 Å². The van der Waals surface area contributed by atoms with Gasteiger partial charge in [0.25, 0.3) is 0 Å². The maximum atomic E-state index is 8.21. The lowest BCUT2D eigenvalue weighted by molar-refractivity contribution is 1.11. The molecule has 0 spiro atoms. The molecule has 0 N–H and O–H groups in total. The zero-order chi connectivity index (χ0) is 6.53. The summed E-state index contributed by atoms with van der Waals surface area (Å²) in [4.78, 5) is 3.89. The second-order valence-corrected chi connectivity index (χ2v) is 1.56. The maximum Gasteiger partial charge on any atom is 0.0781 e. The molecule has 0 aliphatic carbocycles. The topological polar surface area (TPSA) is 36.7 Å². The summed E-state index contributed by atoms with van der Waals surface area (Å²) in [6.45, 7) is 0. The van der Waals surface area contributed by atoms with E-state index >= 15 is 0 Å². The monoisotopic (exact) mass is 117 g/mol. The molecule has 1 heterocycles. The third-order valence-corrected chi connectivity index (χ3v) is 0.909. The first-order valence-electron chi connectivity index (χ1n) is 2.62. The zero-order valence-electron chi connectivity index (χ0n) is 4.83. The van der Waals surface area contributed by atoms with Gasteiger partial charge in [-0.05, 0) is 6.07 Å². The summed E-state index contributed by atoms with van der Waals surface area (Å²) in [6.07, 6.45) is 2.00. The fourth-order valence-electron chi connectivity index (χ4n) is 0.529. The lowest BCUT2D eigenvalue weighted by atomic mass is 10.3. The lowest BCUT2D eigenvalue weighted by Gasteiger charge is -1.86. The van der Waals surface area contributed by atoms with Gasteiger partial charge in [0.15, 0.2) is 0 Å². The minimum absolute atomic E-state index is 0.348. The number of hydrogen-bond donors (Lipinski definition) is 0. The van der Waals surface area contributed by atoms with Crippen molar-refractivity contribution >= 4 is 0 Å². The summed E-state index contributed by atoms with van der Waals surface area (Å²) in [5, 5.41) is 8.21. The fraction of sp³-hybridized carbons (Fsp3) is 0.143. The highest BCUT2D eigenvalue weighted by atomic mass is 14.7. The van der Waals surface area contributed by atoms with E-state index in [9.17, 15) is 0 Å². The first-order chi connectivity index (χ1) is 4.43. The van der Waals surface area contributed by atoms with Crippen LogP contribution in [0.3, 0.4) is 0 Å². The van der Waals surface area contributed by atoms with Crippen molar-refractivity contribution in [3.8, 4) is 6.07 Å². The summed E-state index contributed by atoms with van der Waals surface area (Å²) in [6, 6.07) is 8.35. The molecule has 0 aliphatic rings. The van der Waals surface area contributed by atoms with E-state index in [1.165, 1.54) is 0 Å². The molecule has 0 bridgehead atoms. The molecule has 0 aromatic carbocycles. The molecule has 1 aromatic rings. The maximum absolute atomic E-state index is 8.21. The molecule has 2 nitrogen and oxygen atoms in total. The van der Waals surface area contributed by atoms with Crippen LogP contribution in [0.1, 0.15) is 5.69 Å². The van der Waals surface area contributed by atoms with Gasteiger partial charge in [-0.15, -0.1) is 0 Å². The van der Waals surface area contributed by atoms with Gasteiger partial charge in [0.05, 0.1) is 18.2 Å². The van der Waals surface area contributed by atoms with Gasteiger partial charge in [-0.3, -0.25) is 4.98 Å². The standard InChI is InChI=1S/C7H5N2/c8-5-4-7-3-1-2-6-9-7/h1-2,6H,4H2. The van der Waals surface area contributed by atoms with Crippen LogP contribution in [-0.4, -0.2) is 4.98 Å². The van der Waals surface area contributed by atoms with Crippen LogP contribution >= 0.6 is 0 Å². The van der Waals surface area contributed by atoms with Crippen LogP contribution in [0.4, 0.5) is 0 Å². The quantitative estimate of drug-likeness (QED) is 0.549. The van der Waals surface area contributed by atoms with E-state index in [0.717, 1.165) is 0 Å². The lowest BCUT2D eigenvalue weighted by Crippen LogP contribution is -1.84. The minimum Gasteiger partial charge on any atom is -0.260 e. The Hall–Kier alpha value is -1.36. The number of hydrogen-bond acceptors (Lipinski definition) is 2. The van der Waals surface area contributed by atoms with Crippen LogP contribution in [0, 0.1) is 17.4 Å². The molecule has 2 heteroatoms. The molecular formula is C7H5N2. The normalized spacial score (nSPS) is 8.33. The SMILES string of the molecule is N#CCc1[c]cccn1. The summed E-state index contributed by atoms with van der Waals surface area (Å²) < 4.78 is 0. The van der Waals surface area contributed by atoms with Gasteiger partial charge in [-0.1, -0.05) is 6.07 Å². The molecule has 9 heavy (non-hydrogen) atoms. The highest BCUT2D eigenvalue weighted by molar-refractivity contribution is 5.05. The van der Waals surface area contributed by atoms with Crippen LogP contribution in [0.25, 0.3) is 0 Å². The Morgan fingerprint density at radius 3 is 3.22 bits per heavy atom. The summed E-state index contributed by atoms with van der Waals surface area (Å²) in [5.41, 5.74) is 0.708. The van der Waals surface area contributed by atoms with Gasteiger partial charge < -0.3 is 0 Å². The largest absolute Gasteiger partial charge is 0.260 e. The Bertz CT molecular complexity index is 210. The first kappa shape index (κ1) is 5.77. The van der Waals surface area contributed by atoms with Crippen molar-refractivity contribution in [2.75, 3.05) is 0 Å². The minimum atomic E-state index is 0.348. The summed E-state index contributed by atoms with van der Waals surface area (Å²) in [5.74, 6) is 0. The highest BCUT2D eigenvalue weighted by Crippen LogP contribution is 1.90. The molecule has 0 atom stereocenters. The average Bonchev–Trinajstić information content (AvgIpc) is 1.91. The second kappa shape index (κ2) is 2.83. The van der Waals surface area contributed by atoms with Crippen LogP contribution in [0.2, 0.25) is 0 Å². The van der Waals surface area contributed by atoms with Gasteiger partial charge in [-0.2, -0.15) is 5.26 Å². The Morgan fingerprint density at radius 1 is 1.78 bits per heavy atom. The van der Waals surface area contributed by atoms with Crippen molar-refractivity contribution in [2.24, 2.45) is 0 Å². The van der Waals surface area contributed by atoms with E-state index in [1.807, 2.05) is 6.07 Å². The molecule has 0 unspecified atom stereocenters. The van der Waals surface area contributed by atoms with Crippen molar-refractivity contribution in [1.29, 1.82) is 5.26 Å². The van der Waals surface area contributed by atoms with Gasteiger partial charge in [0, 0.05) is 12.3 Å². The third kappa shape index (κ3) is 1.54. The van der Waals surface area contributed by atoms with E-state index in [0.29, 0.717) is 12.1 Å². The molecule has 1 aromatic heterocycles. The molecule has 0 saturated heterocycles. The Labute approximate surface area is 53.8 Å². The van der Waals surface area contributed by atoms with Crippen molar-refractivity contribution in [1.82, 2.24) is 4.98 Å². The number of aromatic nitrogens is 1. The molecule has 1 rings (SSSR count). The van der Waals surface area contributed by atoms with Crippen molar-refractivity contribution in [3.05, 3.63) is 30.1 Å². The molecule has 0 fully saturated rings. The van der Waals surface area contributed by atoms with Crippen LogP contribution in [0.5, 0.6) is 0 Å². The molecule has 0 amide bonds. The van der Waals surface area contributed by atoms with Crippen LogP contribution in [0.15, 0.2) is 18.3 Å². The van der Waals surface area contributed by atoms with E-state index in [2.05, 4.69) is 11.1 Å². The van der Waals surface area contributed by atoms with E-state index < -0.39 is 0 Å². The van der Waals surface area contributed by atoms with Crippen LogP contribution in [-0.2, 0) is 6.42 Å². The Morgan fingerprint density at radius 2 is 2.67 bits per heavy atom. The molecule has 0 saturated carbocycles. The first-order valence-corrected chi connectivity index (χ1v) is 2.62. The molecule has 43 valence electrons. The van der Waals surface area contributed by atoms with Gasteiger partial charge in [0.2, 0.25) is 0 Å². The fourth-order valence-corrected chi connectivity index (χ4v) is 0.529. The average molecular weight is 117 g/mol. The third-order valence-electron chi connectivity index (χ3n) is 0.909. The van der Waals surface area contributed by atoms with Gasteiger partial charge >= 0.3 is 0 Å². The molecular weight excluding hydrogens is 112 g/mol. The summed E-state index contributed by atoms with van der Waals surface area (Å²) in [7, 11) is 0. The smallest absolute Gasteiger partial charge is 0.0781 e. The van der Waals surface area contributed by atoms with Crippen molar-refractivity contribution in [3.63, 3.8) is 0 Å². The van der Waals surface area contributed by atoms with Gasteiger partial charge in [-0.25, -0.2) is 0 Å². The predicted octanol–water partition coefficient (Wildman–Crippen LogP) is 0.948. The van der Waals surface area contributed by atoms with Crippen molar-refractivity contribution in [2.45, 2.75) is 6.42 Å².